The average Bonchev–Trinajstić information content (AvgIpc) is 3.39. The van der Waals surface area contributed by atoms with E-state index < -0.39 is 0 Å². The van der Waals surface area contributed by atoms with Crippen LogP contribution < -0.4 is 0 Å². The number of carbonyl (C=O) groups excluding carboxylic acids is 2. The van der Waals surface area contributed by atoms with Gasteiger partial charge in [0.15, 0.2) is 5.58 Å². The largest absolute Gasteiger partial charge is 0.356 e. The summed E-state index contributed by atoms with van der Waals surface area (Å²) < 4.78 is 18.8. The Kier molecular flexibility index (Phi) is 5.37. The summed E-state index contributed by atoms with van der Waals surface area (Å²) in [5.41, 5.74) is 3.87. The molecule has 0 spiro atoms. The zero-order chi connectivity index (χ0) is 23.9. The van der Waals surface area contributed by atoms with Gasteiger partial charge in [0.25, 0.3) is 11.8 Å². The van der Waals surface area contributed by atoms with E-state index in [1.807, 2.05) is 18.2 Å². The van der Waals surface area contributed by atoms with Crippen molar-refractivity contribution in [2.24, 2.45) is 0 Å². The number of carbonyl (C=O) groups is 2. The number of amides is 2. The standard InChI is InChI=1S/C27H23FN4O3/c28-18-8-9-23-24(14-18)35-30-25(23)17-10-12-31(13-11-17)15-19-4-3-5-20(29-19)16-32-26(33)21-6-1-2-7-22(21)27(32)34/h1-9,14,17H,10-13,15-16H2. The van der Waals surface area contributed by atoms with Gasteiger partial charge in [-0.1, -0.05) is 23.4 Å². The third-order valence-electron chi connectivity index (χ3n) is 6.88. The summed E-state index contributed by atoms with van der Waals surface area (Å²) in [5, 5.41) is 5.11. The molecule has 4 aromatic rings. The zero-order valence-corrected chi connectivity index (χ0v) is 19.0. The second kappa shape index (κ2) is 8.70. The van der Waals surface area contributed by atoms with Crippen molar-refractivity contribution in [3.8, 4) is 0 Å². The van der Waals surface area contributed by atoms with Crippen LogP contribution in [0.4, 0.5) is 4.39 Å². The van der Waals surface area contributed by atoms with E-state index in [4.69, 9.17) is 9.51 Å². The van der Waals surface area contributed by atoms with Crippen LogP contribution in [0, 0.1) is 5.82 Å². The van der Waals surface area contributed by atoms with Crippen molar-refractivity contribution in [1.29, 1.82) is 0 Å². The highest BCUT2D eigenvalue weighted by Gasteiger charge is 2.35. The molecule has 2 aliphatic heterocycles. The lowest BCUT2D eigenvalue weighted by atomic mass is 9.91. The Labute approximate surface area is 201 Å². The van der Waals surface area contributed by atoms with Crippen LogP contribution >= 0.6 is 0 Å². The molecule has 0 bridgehead atoms. The number of rotatable bonds is 5. The first-order valence-electron chi connectivity index (χ1n) is 11.7. The second-order valence-corrected chi connectivity index (χ2v) is 9.12. The molecular weight excluding hydrogens is 447 g/mol. The summed E-state index contributed by atoms with van der Waals surface area (Å²) in [6.45, 7) is 2.60. The Bertz CT molecular complexity index is 1410. The van der Waals surface area contributed by atoms with E-state index in [0.29, 0.717) is 28.9 Å². The number of pyridine rings is 1. The molecule has 1 saturated heterocycles. The van der Waals surface area contributed by atoms with E-state index in [1.54, 1.807) is 30.3 Å². The molecule has 2 aromatic carbocycles. The van der Waals surface area contributed by atoms with Crippen LogP contribution in [0.25, 0.3) is 11.0 Å². The lowest BCUT2D eigenvalue weighted by Gasteiger charge is -2.31. The number of hydrogen-bond donors (Lipinski definition) is 0. The van der Waals surface area contributed by atoms with E-state index >= 15 is 0 Å². The van der Waals surface area contributed by atoms with Gasteiger partial charge in [-0.15, -0.1) is 0 Å². The number of benzene rings is 2. The fourth-order valence-corrected chi connectivity index (χ4v) is 5.07. The highest BCUT2D eigenvalue weighted by molar-refractivity contribution is 6.21. The number of hydrogen-bond acceptors (Lipinski definition) is 6. The molecule has 4 heterocycles. The number of likely N-dealkylation sites (tertiary alicyclic amines) is 1. The van der Waals surface area contributed by atoms with Crippen LogP contribution in [0.1, 0.15) is 56.6 Å². The van der Waals surface area contributed by atoms with Gasteiger partial charge in [0.05, 0.1) is 34.8 Å². The van der Waals surface area contributed by atoms with E-state index in [9.17, 15) is 14.0 Å². The number of aromatic nitrogens is 2. The van der Waals surface area contributed by atoms with Crippen LogP contribution in [0.5, 0.6) is 0 Å². The topological polar surface area (TPSA) is 79.5 Å². The second-order valence-electron chi connectivity index (χ2n) is 9.12. The average molecular weight is 471 g/mol. The minimum atomic E-state index is -0.326. The Morgan fingerprint density at radius 3 is 2.29 bits per heavy atom. The monoisotopic (exact) mass is 470 g/mol. The first kappa shape index (κ1) is 21.6. The molecule has 0 atom stereocenters. The van der Waals surface area contributed by atoms with Crippen molar-refractivity contribution < 1.29 is 18.5 Å². The van der Waals surface area contributed by atoms with Crippen molar-refractivity contribution in [3.05, 3.63) is 94.7 Å². The molecule has 0 aliphatic carbocycles. The predicted molar refractivity (Wildman–Crippen MR) is 126 cm³/mol. The minimum Gasteiger partial charge on any atom is -0.356 e. The van der Waals surface area contributed by atoms with Crippen LogP contribution in [-0.4, -0.2) is 44.8 Å². The summed E-state index contributed by atoms with van der Waals surface area (Å²) in [6.07, 6.45) is 1.85. The first-order valence-corrected chi connectivity index (χ1v) is 11.7. The molecule has 35 heavy (non-hydrogen) atoms. The molecule has 2 aromatic heterocycles. The highest BCUT2D eigenvalue weighted by atomic mass is 19.1. The Balaban J connectivity index is 1.10. The van der Waals surface area contributed by atoms with Gasteiger partial charge < -0.3 is 4.52 Å². The van der Waals surface area contributed by atoms with Crippen molar-refractivity contribution in [1.82, 2.24) is 19.9 Å². The molecule has 0 N–H and O–H groups in total. The lowest BCUT2D eigenvalue weighted by Crippen LogP contribution is -2.33. The van der Waals surface area contributed by atoms with Crippen LogP contribution in [0.3, 0.4) is 0 Å². The van der Waals surface area contributed by atoms with Gasteiger partial charge in [-0.05, 0) is 62.3 Å². The summed E-state index contributed by atoms with van der Waals surface area (Å²) in [6, 6.07) is 17.2. The third kappa shape index (κ3) is 4.00. The smallest absolute Gasteiger partial charge is 0.261 e. The predicted octanol–water partition coefficient (Wildman–Crippen LogP) is 4.54. The summed E-state index contributed by atoms with van der Waals surface area (Å²) >= 11 is 0. The van der Waals surface area contributed by atoms with Crippen molar-refractivity contribution in [2.75, 3.05) is 13.1 Å². The van der Waals surface area contributed by atoms with Gasteiger partial charge in [-0.3, -0.25) is 24.4 Å². The van der Waals surface area contributed by atoms with Gasteiger partial charge in [0.2, 0.25) is 0 Å². The summed E-state index contributed by atoms with van der Waals surface area (Å²) in [4.78, 5) is 33.7. The molecule has 0 unspecified atom stereocenters. The maximum absolute atomic E-state index is 13.5. The highest BCUT2D eigenvalue weighted by Crippen LogP contribution is 2.33. The Hall–Kier alpha value is -3.91. The number of nitrogens with zero attached hydrogens (tertiary/aromatic N) is 4. The van der Waals surface area contributed by atoms with Crippen LogP contribution in [0.15, 0.2) is 65.2 Å². The first-order chi connectivity index (χ1) is 17.1. The Morgan fingerprint density at radius 1 is 0.886 bits per heavy atom. The van der Waals surface area contributed by atoms with Gasteiger partial charge in [-0.25, -0.2) is 4.39 Å². The van der Waals surface area contributed by atoms with Crippen LogP contribution in [-0.2, 0) is 13.1 Å². The van der Waals surface area contributed by atoms with E-state index in [1.165, 1.54) is 17.0 Å². The van der Waals surface area contributed by atoms with Crippen LogP contribution in [0.2, 0.25) is 0 Å². The van der Waals surface area contributed by atoms with Gasteiger partial charge in [-0.2, -0.15) is 0 Å². The van der Waals surface area contributed by atoms with Crippen molar-refractivity contribution >= 4 is 22.8 Å². The Morgan fingerprint density at radius 2 is 1.57 bits per heavy atom. The van der Waals surface area contributed by atoms with Gasteiger partial charge in [0.1, 0.15) is 5.82 Å². The van der Waals surface area contributed by atoms with Gasteiger partial charge in [0, 0.05) is 23.9 Å². The minimum absolute atomic E-state index is 0.155. The molecule has 7 nitrogen and oxygen atoms in total. The molecule has 176 valence electrons. The third-order valence-corrected chi connectivity index (χ3v) is 6.88. The number of piperidine rings is 1. The number of imide groups is 1. The number of halogens is 1. The maximum atomic E-state index is 13.5. The molecule has 8 heteroatoms. The van der Waals surface area contributed by atoms with Gasteiger partial charge >= 0.3 is 0 Å². The zero-order valence-electron chi connectivity index (χ0n) is 19.0. The lowest BCUT2D eigenvalue weighted by molar-refractivity contribution is 0.0640. The van der Waals surface area contributed by atoms with E-state index in [0.717, 1.165) is 42.7 Å². The number of fused-ring (bicyclic) bond motifs is 2. The molecule has 1 fully saturated rings. The molecule has 2 aliphatic rings. The molecule has 6 rings (SSSR count). The molecule has 0 saturated carbocycles. The summed E-state index contributed by atoms with van der Waals surface area (Å²) in [7, 11) is 0. The van der Waals surface area contributed by atoms with Crippen molar-refractivity contribution in [2.45, 2.75) is 31.8 Å². The van der Waals surface area contributed by atoms with E-state index in [2.05, 4.69) is 10.1 Å². The van der Waals surface area contributed by atoms with Crippen molar-refractivity contribution in [3.63, 3.8) is 0 Å². The quantitative estimate of drug-likeness (QED) is 0.399. The molecule has 2 amide bonds. The van der Waals surface area contributed by atoms with E-state index in [-0.39, 0.29) is 30.1 Å². The molecule has 0 radical (unpaired) electrons. The fraction of sp³-hybridized carbons (Fsp3) is 0.259. The SMILES string of the molecule is O=C1c2ccccc2C(=O)N1Cc1cccc(CN2CCC(c3noc4cc(F)ccc34)CC2)n1. The summed E-state index contributed by atoms with van der Waals surface area (Å²) in [5.74, 6) is -0.607. The normalized spacial score (nSPS) is 16.9. The maximum Gasteiger partial charge on any atom is 0.261 e. The molecular formula is C27H23FN4O3. The fourth-order valence-electron chi connectivity index (χ4n) is 5.07.